The van der Waals surface area contributed by atoms with Crippen LogP contribution in [0.2, 0.25) is 0 Å². The maximum Gasteiger partial charge on any atom is 0.310 e. The summed E-state index contributed by atoms with van der Waals surface area (Å²) < 4.78 is 23.5. The number of hydrogen-bond acceptors (Lipinski definition) is 4. The third-order valence-electron chi connectivity index (χ3n) is 3.27. The van der Waals surface area contributed by atoms with Gasteiger partial charge in [-0.05, 0) is 42.3 Å². The highest BCUT2D eigenvalue weighted by molar-refractivity contribution is 5.93. The zero-order valence-electron chi connectivity index (χ0n) is 13.5. The first kappa shape index (κ1) is 17.5. The van der Waals surface area contributed by atoms with E-state index in [0.29, 0.717) is 5.75 Å². The molecule has 0 aromatic heterocycles. The molecule has 0 heterocycles. The first-order valence-corrected chi connectivity index (χ1v) is 7.32. The van der Waals surface area contributed by atoms with Gasteiger partial charge in [-0.15, -0.1) is 0 Å². The van der Waals surface area contributed by atoms with Gasteiger partial charge in [0.05, 0.1) is 19.2 Å². The van der Waals surface area contributed by atoms with Crippen LogP contribution in [0.15, 0.2) is 42.5 Å². The predicted molar refractivity (Wildman–Crippen MR) is 87.4 cm³/mol. The summed E-state index contributed by atoms with van der Waals surface area (Å²) in [5.41, 5.74) is 1.54. The number of benzene rings is 2. The molecule has 0 radical (unpaired) electrons. The highest BCUT2D eigenvalue weighted by Crippen LogP contribution is 2.15. The van der Waals surface area contributed by atoms with Crippen LogP contribution in [-0.2, 0) is 20.7 Å². The van der Waals surface area contributed by atoms with Crippen molar-refractivity contribution in [3.8, 4) is 5.75 Å². The van der Waals surface area contributed by atoms with E-state index in [1.165, 1.54) is 12.1 Å². The third kappa shape index (κ3) is 5.08. The zero-order valence-corrected chi connectivity index (χ0v) is 13.5. The summed E-state index contributed by atoms with van der Waals surface area (Å²) in [5.74, 6) is -0.986. The van der Waals surface area contributed by atoms with Crippen LogP contribution < -0.4 is 10.1 Å². The second-order valence-electron chi connectivity index (χ2n) is 5.22. The van der Waals surface area contributed by atoms with Gasteiger partial charge in [0.15, 0.2) is 6.61 Å². The second kappa shape index (κ2) is 8.10. The normalized spacial score (nSPS) is 10.1. The number of anilines is 1. The summed E-state index contributed by atoms with van der Waals surface area (Å²) in [4.78, 5) is 23.4. The van der Waals surface area contributed by atoms with E-state index < -0.39 is 24.3 Å². The minimum atomic E-state index is -0.596. The highest BCUT2D eigenvalue weighted by atomic mass is 19.1. The summed E-state index contributed by atoms with van der Waals surface area (Å²) >= 11 is 0. The Hall–Kier alpha value is -2.89. The summed E-state index contributed by atoms with van der Waals surface area (Å²) in [6.07, 6.45) is 0.0379. The highest BCUT2D eigenvalue weighted by Gasteiger charge is 2.11. The monoisotopic (exact) mass is 331 g/mol. The molecule has 6 heteroatoms. The maximum atomic E-state index is 13.6. The van der Waals surface area contributed by atoms with Crippen LogP contribution in [0.25, 0.3) is 0 Å². The molecule has 0 aliphatic heterocycles. The average Bonchev–Trinajstić information content (AvgIpc) is 2.56. The van der Waals surface area contributed by atoms with Gasteiger partial charge in [-0.3, -0.25) is 9.59 Å². The number of carbonyl (C=O) groups is 2. The molecule has 2 aromatic rings. The molecular formula is C18H18FNO4. The lowest BCUT2D eigenvalue weighted by atomic mass is 10.1. The standard InChI is InChI=1S/C18H18FNO4/c1-12-3-8-16(15(19)9-12)20-17(21)11-24-18(22)10-13-4-6-14(23-2)7-5-13/h3-9H,10-11H2,1-2H3,(H,20,21). The minimum absolute atomic E-state index is 0.0379. The van der Waals surface area contributed by atoms with Gasteiger partial charge in [0.1, 0.15) is 11.6 Å². The number of carbonyl (C=O) groups excluding carboxylic acids is 2. The van der Waals surface area contributed by atoms with Crippen LogP contribution in [-0.4, -0.2) is 25.6 Å². The van der Waals surface area contributed by atoms with E-state index in [-0.39, 0.29) is 12.1 Å². The molecule has 0 aliphatic rings. The molecule has 0 spiro atoms. The van der Waals surface area contributed by atoms with Crippen molar-refractivity contribution in [2.45, 2.75) is 13.3 Å². The molecule has 0 atom stereocenters. The molecule has 0 saturated carbocycles. The van der Waals surface area contributed by atoms with Crippen molar-refractivity contribution < 1.29 is 23.5 Å². The van der Waals surface area contributed by atoms with E-state index in [1.54, 1.807) is 44.4 Å². The van der Waals surface area contributed by atoms with E-state index in [4.69, 9.17) is 9.47 Å². The molecule has 2 aromatic carbocycles. The zero-order chi connectivity index (χ0) is 17.5. The summed E-state index contributed by atoms with van der Waals surface area (Å²) in [7, 11) is 1.55. The molecule has 0 bridgehead atoms. The summed E-state index contributed by atoms with van der Waals surface area (Å²) in [6.45, 7) is 1.28. The third-order valence-corrected chi connectivity index (χ3v) is 3.27. The molecule has 5 nitrogen and oxygen atoms in total. The van der Waals surface area contributed by atoms with Crippen LogP contribution in [0.3, 0.4) is 0 Å². The van der Waals surface area contributed by atoms with Gasteiger partial charge in [0.2, 0.25) is 0 Å². The fourth-order valence-corrected chi connectivity index (χ4v) is 2.01. The number of nitrogens with one attached hydrogen (secondary N) is 1. The molecule has 2 rings (SSSR count). The lowest BCUT2D eigenvalue weighted by molar-refractivity contribution is -0.146. The van der Waals surface area contributed by atoms with E-state index in [9.17, 15) is 14.0 Å². The van der Waals surface area contributed by atoms with E-state index in [1.807, 2.05) is 0 Å². The van der Waals surface area contributed by atoms with E-state index in [0.717, 1.165) is 11.1 Å². The number of esters is 1. The minimum Gasteiger partial charge on any atom is -0.497 e. The van der Waals surface area contributed by atoms with Crippen LogP contribution in [0.4, 0.5) is 10.1 Å². The largest absolute Gasteiger partial charge is 0.497 e. The van der Waals surface area contributed by atoms with Gasteiger partial charge in [-0.1, -0.05) is 18.2 Å². The molecular weight excluding hydrogens is 313 g/mol. The second-order valence-corrected chi connectivity index (χ2v) is 5.22. The number of halogens is 1. The Morgan fingerprint density at radius 1 is 1.12 bits per heavy atom. The molecule has 0 saturated heterocycles. The Kier molecular flexibility index (Phi) is 5.89. The van der Waals surface area contributed by atoms with Gasteiger partial charge in [0, 0.05) is 0 Å². The van der Waals surface area contributed by atoms with E-state index >= 15 is 0 Å². The smallest absolute Gasteiger partial charge is 0.310 e. The van der Waals surface area contributed by atoms with Crippen molar-refractivity contribution in [1.29, 1.82) is 0 Å². The Morgan fingerprint density at radius 2 is 1.83 bits per heavy atom. The number of hydrogen-bond donors (Lipinski definition) is 1. The van der Waals surface area contributed by atoms with Crippen molar-refractivity contribution in [2.24, 2.45) is 0 Å². The number of rotatable bonds is 6. The first-order valence-electron chi connectivity index (χ1n) is 7.32. The van der Waals surface area contributed by atoms with Crippen molar-refractivity contribution in [3.05, 3.63) is 59.4 Å². The average molecular weight is 331 g/mol. The first-order chi connectivity index (χ1) is 11.5. The quantitative estimate of drug-likeness (QED) is 0.827. The topological polar surface area (TPSA) is 64.6 Å². The fraction of sp³-hybridized carbons (Fsp3) is 0.222. The maximum absolute atomic E-state index is 13.6. The Morgan fingerprint density at radius 3 is 2.46 bits per heavy atom. The Labute approximate surface area is 139 Å². The molecule has 1 N–H and O–H groups in total. The molecule has 126 valence electrons. The summed E-state index contributed by atoms with van der Waals surface area (Å²) in [5, 5.41) is 2.36. The number of amides is 1. The van der Waals surface area contributed by atoms with Crippen LogP contribution >= 0.6 is 0 Å². The lowest BCUT2D eigenvalue weighted by Crippen LogP contribution is -2.22. The number of aryl methyl sites for hydroxylation is 1. The van der Waals surface area contributed by atoms with Crippen LogP contribution in [0, 0.1) is 12.7 Å². The molecule has 24 heavy (non-hydrogen) atoms. The molecule has 0 fully saturated rings. The van der Waals surface area contributed by atoms with E-state index in [2.05, 4.69) is 5.32 Å². The Balaban J connectivity index is 1.81. The van der Waals surface area contributed by atoms with Crippen LogP contribution in [0.5, 0.6) is 5.75 Å². The lowest BCUT2D eigenvalue weighted by Gasteiger charge is -2.08. The van der Waals surface area contributed by atoms with Crippen molar-refractivity contribution in [2.75, 3.05) is 19.0 Å². The molecule has 0 unspecified atom stereocenters. The molecule has 0 aliphatic carbocycles. The predicted octanol–water partition coefficient (Wildman–Crippen LogP) is 2.87. The van der Waals surface area contributed by atoms with Crippen molar-refractivity contribution >= 4 is 17.6 Å². The van der Waals surface area contributed by atoms with Gasteiger partial charge in [0.25, 0.3) is 5.91 Å². The summed E-state index contributed by atoms with van der Waals surface area (Å²) in [6, 6.07) is 11.4. The van der Waals surface area contributed by atoms with Gasteiger partial charge in [-0.25, -0.2) is 4.39 Å². The van der Waals surface area contributed by atoms with Gasteiger partial charge in [-0.2, -0.15) is 0 Å². The Bertz CT molecular complexity index is 728. The number of ether oxygens (including phenoxy) is 2. The molecule has 1 amide bonds. The SMILES string of the molecule is COc1ccc(CC(=O)OCC(=O)Nc2ccc(C)cc2F)cc1. The van der Waals surface area contributed by atoms with Gasteiger partial charge < -0.3 is 14.8 Å². The fourth-order valence-electron chi connectivity index (χ4n) is 2.01. The number of methoxy groups -OCH3 is 1. The van der Waals surface area contributed by atoms with Gasteiger partial charge >= 0.3 is 5.97 Å². The van der Waals surface area contributed by atoms with Crippen molar-refractivity contribution in [1.82, 2.24) is 0 Å². The van der Waals surface area contributed by atoms with Crippen molar-refractivity contribution in [3.63, 3.8) is 0 Å². The van der Waals surface area contributed by atoms with Crippen LogP contribution in [0.1, 0.15) is 11.1 Å².